The fourth-order valence-electron chi connectivity index (χ4n) is 4.06. The van der Waals surface area contributed by atoms with Gasteiger partial charge >= 0.3 is 0 Å². The standard InChI is InChI=1S/C16H29N3/c1-4-14-7-5-6-10-19(14)15-8-9-16(11-15,12-17)18-13(2)3/h13-15,18H,4-11H2,1-3H3. The zero-order valence-electron chi connectivity index (χ0n) is 12.8. The van der Waals surface area contributed by atoms with E-state index in [2.05, 4.69) is 37.1 Å². The average molecular weight is 263 g/mol. The molecule has 0 aromatic heterocycles. The summed E-state index contributed by atoms with van der Waals surface area (Å²) >= 11 is 0. The summed E-state index contributed by atoms with van der Waals surface area (Å²) in [6.45, 7) is 7.83. The second-order valence-electron chi connectivity index (χ2n) is 6.69. The molecule has 3 unspecified atom stereocenters. The smallest absolute Gasteiger partial charge is 0.108 e. The molecule has 3 nitrogen and oxygen atoms in total. The number of hydrogen-bond acceptors (Lipinski definition) is 3. The minimum atomic E-state index is -0.269. The van der Waals surface area contributed by atoms with Crippen molar-refractivity contribution in [1.29, 1.82) is 5.26 Å². The van der Waals surface area contributed by atoms with Crippen LogP contribution in [0, 0.1) is 11.3 Å². The maximum absolute atomic E-state index is 9.57. The second kappa shape index (κ2) is 6.24. The van der Waals surface area contributed by atoms with Crippen LogP contribution in [0.5, 0.6) is 0 Å². The van der Waals surface area contributed by atoms with Crippen LogP contribution in [-0.4, -0.2) is 35.1 Å². The molecule has 0 spiro atoms. The van der Waals surface area contributed by atoms with Crippen molar-refractivity contribution in [3.05, 3.63) is 0 Å². The van der Waals surface area contributed by atoms with Gasteiger partial charge in [-0.25, -0.2) is 0 Å². The first kappa shape index (κ1) is 14.8. The van der Waals surface area contributed by atoms with Crippen LogP contribution in [0.3, 0.4) is 0 Å². The van der Waals surface area contributed by atoms with Crippen molar-refractivity contribution >= 4 is 0 Å². The minimum absolute atomic E-state index is 0.269. The molecule has 1 saturated heterocycles. The average Bonchev–Trinajstić information content (AvgIpc) is 2.82. The number of nitriles is 1. The zero-order chi connectivity index (χ0) is 13.9. The Labute approximate surface area is 118 Å². The molecule has 0 aromatic rings. The van der Waals surface area contributed by atoms with Crippen molar-refractivity contribution in [3.8, 4) is 6.07 Å². The molecule has 3 atom stereocenters. The minimum Gasteiger partial charge on any atom is -0.297 e. The van der Waals surface area contributed by atoms with E-state index >= 15 is 0 Å². The third-order valence-corrected chi connectivity index (χ3v) is 4.88. The van der Waals surface area contributed by atoms with Gasteiger partial charge in [-0.15, -0.1) is 0 Å². The van der Waals surface area contributed by atoms with Crippen molar-refractivity contribution in [1.82, 2.24) is 10.2 Å². The summed E-state index contributed by atoms with van der Waals surface area (Å²) in [5.41, 5.74) is -0.269. The van der Waals surface area contributed by atoms with E-state index in [0.29, 0.717) is 12.1 Å². The number of nitrogens with zero attached hydrogens (tertiary/aromatic N) is 2. The first-order chi connectivity index (χ1) is 9.10. The summed E-state index contributed by atoms with van der Waals surface area (Å²) in [5, 5.41) is 13.1. The predicted octanol–water partition coefficient (Wildman–Crippen LogP) is 3.06. The van der Waals surface area contributed by atoms with Gasteiger partial charge in [-0.05, 0) is 58.9 Å². The molecule has 0 amide bonds. The lowest BCUT2D eigenvalue weighted by atomic mass is 9.95. The Morgan fingerprint density at radius 1 is 1.37 bits per heavy atom. The molecule has 108 valence electrons. The Bertz CT molecular complexity index is 333. The maximum atomic E-state index is 9.57. The Kier molecular flexibility index (Phi) is 4.86. The number of piperidine rings is 1. The van der Waals surface area contributed by atoms with Crippen molar-refractivity contribution < 1.29 is 0 Å². The number of nitrogens with one attached hydrogen (secondary N) is 1. The largest absolute Gasteiger partial charge is 0.297 e. The van der Waals surface area contributed by atoms with E-state index < -0.39 is 0 Å². The monoisotopic (exact) mass is 263 g/mol. The lowest BCUT2D eigenvalue weighted by Crippen LogP contribution is -2.49. The lowest BCUT2D eigenvalue weighted by Gasteiger charge is -2.40. The normalized spacial score (nSPS) is 36.6. The van der Waals surface area contributed by atoms with Crippen molar-refractivity contribution in [2.45, 2.75) is 89.4 Å². The van der Waals surface area contributed by atoms with Gasteiger partial charge in [0.15, 0.2) is 0 Å². The Hall–Kier alpha value is -0.590. The summed E-state index contributed by atoms with van der Waals surface area (Å²) in [6.07, 6.45) is 8.54. The summed E-state index contributed by atoms with van der Waals surface area (Å²) in [7, 11) is 0. The first-order valence-corrected chi connectivity index (χ1v) is 8.05. The maximum Gasteiger partial charge on any atom is 0.108 e. The lowest BCUT2D eigenvalue weighted by molar-refractivity contribution is 0.0910. The van der Waals surface area contributed by atoms with Crippen LogP contribution in [0.1, 0.15) is 65.7 Å². The fourth-order valence-corrected chi connectivity index (χ4v) is 4.06. The van der Waals surface area contributed by atoms with Gasteiger partial charge in [0.2, 0.25) is 0 Å². The Morgan fingerprint density at radius 3 is 2.79 bits per heavy atom. The topological polar surface area (TPSA) is 39.1 Å². The zero-order valence-corrected chi connectivity index (χ0v) is 12.8. The van der Waals surface area contributed by atoms with Crippen molar-refractivity contribution in [2.24, 2.45) is 0 Å². The van der Waals surface area contributed by atoms with E-state index in [0.717, 1.165) is 18.9 Å². The molecule has 0 bridgehead atoms. The van der Waals surface area contributed by atoms with E-state index in [-0.39, 0.29) is 5.54 Å². The van der Waals surface area contributed by atoms with E-state index in [4.69, 9.17) is 0 Å². The fraction of sp³-hybridized carbons (Fsp3) is 0.938. The molecular weight excluding hydrogens is 234 g/mol. The molecule has 3 heteroatoms. The van der Waals surface area contributed by atoms with Crippen LogP contribution < -0.4 is 5.32 Å². The van der Waals surface area contributed by atoms with E-state index in [9.17, 15) is 5.26 Å². The molecule has 0 radical (unpaired) electrons. The van der Waals surface area contributed by atoms with Crippen molar-refractivity contribution in [2.75, 3.05) is 6.54 Å². The summed E-state index contributed by atoms with van der Waals surface area (Å²) in [6, 6.07) is 4.34. The van der Waals surface area contributed by atoms with Gasteiger partial charge in [-0.3, -0.25) is 10.2 Å². The van der Waals surface area contributed by atoms with Gasteiger partial charge in [0.25, 0.3) is 0 Å². The SMILES string of the molecule is CCC1CCCCN1C1CCC(C#N)(NC(C)C)C1. The third kappa shape index (κ3) is 3.30. The molecular formula is C16H29N3. The van der Waals surface area contributed by atoms with Gasteiger partial charge in [-0.1, -0.05) is 13.3 Å². The number of likely N-dealkylation sites (tertiary alicyclic amines) is 1. The molecule has 1 aliphatic carbocycles. The Morgan fingerprint density at radius 2 is 2.16 bits per heavy atom. The van der Waals surface area contributed by atoms with Gasteiger partial charge in [0.05, 0.1) is 6.07 Å². The van der Waals surface area contributed by atoms with E-state index in [1.54, 1.807) is 0 Å². The molecule has 1 aliphatic heterocycles. The molecule has 1 heterocycles. The molecule has 2 aliphatic rings. The molecule has 1 saturated carbocycles. The van der Waals surface area contributed by atoms with Crippen LogP contribution >= 0.6 is 0 Å². The quantitative estimate of drug-likeness (QED) is 0.847. The highest BCUT2D eigenvalue weighted by atomic mass is 15.2. The number of rotatable bonds is 4. The van der Waals surface area contributed by atoms with Crippen LogP contribution in [-0.2, 0) is 0 Å². The molecule has 2 fully saturated rings. The van der Waals surface area contributed by atoms with Crippen LogP contribution in [0.25, 0.3) is 0 Å². The van der Waals surface area contributed by atoms with E-state index in [1.165, 1.54) is 38.6 Å². The van der Waals surface area contributed by atoms with Gasteiger partial charge in [-0.2, -0.15) is 5.26 Å². The highest BCUT2D eigenvalue weighted by Gasteiger charge is 2.43. The first-order valence-electron chi connectivity index (χ1n) is 8.05. The van der Waals surface area contributed by atoms with Crippen LogP contribution in [0.2, 0.25) is 0 Å². The van der Waals surface area contributed by atoms with Gasteiger partial charge in [0, 0.05) is 18.1 Å². The summed E-state index contributed by atoms with van der Waals surface area (Å²) in [5.74, 6) is 0. The molecule has 19 heavy (non-hydrogen) atoms. The van der Waals surface area contributed by atoms with Gasteiger partial charge in [0.1, 0.15) is 5.54 Å². The molecule has 1 N–H and O–H groups in total. The Balaban J connectivity index is 2.02. The summed E-state index contributed by atoms with van der Waals surface area (Å²) < 4.78 is 0. The van der Waals surface area contributed by atoms with Crippen molar-refractivity contribution in [3.63, 3.8) is 0 Å². The predicted molar refractivity (Wildman–Crippen MR) is 78.9 cm³/mol. The third-order valence-electron chi connectivity index (χ3n) is 4.88. The highest BCUT2D eigenvalue weighted by Crippen LogP contribution is 2.36. The van der Waals surface area contributed by atoms with Crippen LogP contribution in [0.4, 0.5) is 0 Å². The molecule has 0 aromatic carbocycles. The second-order valence-corrected chi connectivity index (χ2v) is 6.69. The van der Waals surface area contributed by atoms with Crippen LogP contribution in [0.15, 0.2) is 0 Å². The molecule has 2 rings (SSSR count). The summed E-state index contributed by atoms with van der Waals surface area (Å²) in [4.78, 5) is 2.71. The van der Waals surface area contributed by atoms with E-state index in [1.807, 2.05) is 0 Å². The highest BCUT2D eigenvalue weighted by molar-refractivity contribution is 5.14. The number of hydrogen-bond donors (Lipinski definition) is 1. The van der Waals surface area contributed by atoms with Gasteiger partial charge < -0.3 is 0 Å².